The van der Waals surface area contributed by atoms with Crippen LogP contribution >= 0.6 is 0 Å². The number of aromatic hydroxyl groups is 6. The smallest absolute Gasteiger partial charge is 0.331 e. The summed E-state index contributed by atoms with van der Waals surface area (Å²) in [5.41, 5.74) is -0.929. The molecule has 1 aliphatic rings. The summed E-state index contributed by atoms with van der Waals surface area (Å²) in [6.45, 7) is -0.155. The van der Waals surface area contributed by atoms with Gasteiger partial charge in [-0.1, -0.05) is 30.4 Å². The zero-order chi connectivity index (χ0) is 35.7. The molecule has 14 nitrogen and oxygen atoms in total. The predicted molar refractivity (Wildman–Crippen MR) is 174 cm³/mol. The maximum atomic E-state index is 13.0. The van der Waals surface area contributed by atoms with Crippen LogP contribution in [0.4, 0.5) is 0 Å². The number of phenolic OH excluding ortho intramolecular Hbond substituents is 6. The number of carbonyl (C=O) groups is 3. The van der Waals surface area contributed by atoms with Crippen molar-refractivity contribution in [2.45, 2.75) is 36.8 Å². The van der Waals surface area contributed by atoms with Crippen LogP contribution in [0.15, 0.2) is 72.8 Å². The summed E-state index contributed by atoms with van der Waals surface area (Å²) >= 11 is 0. The van der Waals surface area contributed by atoms with Gasteiger partial charge in [-0.25, -0.2) is 9.59 Å². The fourth-order valence-corrected chi connectivity index (χ4v) is 5.04. The third-order valence-corrected chi connectivity index (χ3v) is 7.52. The second kappa shape index (κ2) is 15.7. The van der Waals surface area contributed by atoms with Crippen molar-refractivity contribution < 1.29 is 64.3 Å². The number of phenols is 6. The standard InChI is InChI=1S/C35H35NO13/c1-36-34(45)35(46)18-29(47-14-2-3-20-4-9-23(37)26(40)15-20)33(49-32(44)13-8-22-6-11-25(39)28(42)17-22)30(19-35)48-31(43)12-7-21-5-10-24(38)27(41)16-21/h2-13,15-17,29-30,33,37-42,46H,14,18-19H2,1H3,(H,36,45)/b3-2+,12-7+,13-8+/t29-,30-,33-,35+/m1/s1. The van der Waals surface area contributed by atoms with Crippen LogP contribution in [0.25, 0.3) is 18.2 Å². The first-order chi connectivity index (χ1) is 23.3. The first-order valence-corrected chi connectivity index (χ1v) is 14.8. The topological polar surface area (TPSA) is 233 Å². The molecule has 49 heavy (non-hydrogen) atoms. The molecule has 1 aliphatic carbocycles. The van der Waals surface area contributed by atoms with Crippen molar-refractivity contribution in [3.63, 3.8) is 0 Å². The number of hydrogen-bond donors (Lipinski definition) is 8. The first-order valence-electron chi connectivity index (χ1n) is 14.8. The molecule has 0 spiro atoms. The summed E-state index contributed by atoms with van der Waals surface area (Å²) in [5.74, 6) is -4.88. The highest BCUT2D eigenvalue weighted by Gasteiger charge is 2.52. The molecule has 8 N–H and O–H groups in total. The molecule has 0 heterocycles. The van der Waals surface area contributed by atoms with Gasteiger partial charge in [0.15, 0.2) is 40.6 Å². The minimum absolute atomic E-state index is 0.155. The average Bonchev–Trinajstić information content (AvgIpc) is 3.06. The quantitative estimate of drug-likeness (QED) is 0.0830. The highest BCUT2D eigenvalue weighted by Crippen LogP contribution is 2.35. The summed E-state index contributed by atoms with van der Waals surface area (Å²) in [6, 6.07) is 11.8. The number of ether oxygens (including phenoxy) is 3. The maximum Gasteiger partial charge on any atom is 0.331 e. The van der Waals surface area contributed by atoms with Crippen molar-refractivity contribution in [2.24, 2.45) is 0 Å². The van der Waals surface area contributed by atoms with E-state index in [4.69, 9.17) is 14.2 Å². The largest absolute Gasteiger partial charge is 0.504 e. The van der Waals surface area contributed by atoms with E-state index in [9.17, 15) is 50.1 Å². The first kappa shape index (κ1) is 35.9. The van der Waals surface area contributed by atoms with Crippen LogP contribution in [0.5, 0.6) is 34.5 Å². The number of likely N-dealkylation sites (N-methyl/N-ethyl adjacent to an activating group) is 1. The number of aliphatic hydroxyl groups is 1. The Hall–Kier alpha value is -5.99. The molecule has 0 unspecified atom stereocenters. The normalized spacial score (nSPS) is 20.8. The van der Waals surface area contributed by atoms with Crippen molar-refractivity contribution in [1.82, 2.24) is 5.32 Å². The number of amides is 1. The van der Waals surface area contributed by atoms with Gasteiger partial charge < -0.3 is 55.3 Å². The highest BCUT2D eigenvalue weighted by atomic mass is 16.6. The molecule has 1 fully saturated rings. The van der Waals surface area contributed by atoms with Gasteiger partial charge in [-0.15, -0.1) is 0 Å². The van der Waals surface area contributed by atoms with E-state index in [0.29, 0.717) is 16.7 Å². The van der Waals surface area contributed by atoms with Crippen molar-refractivity contribution in [3.05, 3.63) is 89.5 Å². The van der Waals surface area contributed by atoms with Crippen LogP contribution in [-0.2, 0) is 28.6 Å². The Bertz CT molecular complexity index is 1780. The second-order valence-electron chi connectivity index (χ2n) is 11.1. The van der Waals surface area contributed by atoms with Gasteiger partial charge in [-0.2, -0.15) is 0 Å². The molecule has 258 valence electrons. The molecule has 0 saturated heterocycles. The summed E-state index contributed by atoms with van der Waals surface area (Å²) < 4.78 is 17.2. The molecule has 0 bridgehead atoms. The number of esters is 2. The molecule has 3 aromatic carbocycles. The van der Waals surface area contributed by atoms with Crippen LogP contribution in [0.2, 0.25) is 0 Å². The number of nitrogens with one attached hydrogen (secondary N) is 1. The lowest BCUT2D eigenvalue weighted by molar-refractivity contribution is -0.204. The van der Waals surface area contributed by atoms with Crippen LogP contribution in [0.1, 0.15) is 29.5 Å². The van der Waals surface area contributed by atoms with Crippen molar-refractivity contribution in [1.29, 1.82) is 0 Å². The lowest BCUT2D eigenvalue weighted by Crippen LogP contribution is -2.60. The van der Waals surface area contributed by atoms with E-state index in [1.807, 2.05) is 0 Å². The van der Waals surface area contributed by atoms with Crippen molar-refractivity contribution >= 4 is 36.1 Å². The van der Waals surface area contributed by atoms with Gasteiger partial charge >= 0.3 is 11.9 Å². The molecule has 4 rings (SSSR count). The van der Waals surface area contributed by atoms with E-state index < -0.39 is 59.7 Å². The third kappa shape index (κ3) is 9.53. The van der Waals surface area contributed by atoms with Gasteiger partial charge in [0.05, 0.1) is 6.61 Å². The summed E-state index contributed by atoms with van der Waals surface area (Å²) in [6.07, 6.45) is 2.87. The Balaban J connectivity index is 1.60. The Morgan fingerprint density at radius 2 is 1.14 bits per heavy atom. The fourth-order valence-electron chi connectivity index (χ4n) is 5.04. The Morgan fingerprint density at radius 1 is 0.694 bits per heavy atom. The zero-order valence-corrected chi connectivity index (χ0v) is 26.1. The van der Waals surface area contributed by atoms with E-state index >= 15 is 0 Å². The lowest BCUT2D eigenvalue weighted by Gasteiger charge is -2.43. The molecular formula is C35H35NO13. The van der Waals surface area contributed by atoms with Crippen LogP contribution in [0, 0.1) is 0 Å². The van der Waals surface area contributed by atoms with E-state index in [0.717, 1.165) is 12.2 Å². The molecule has 0 radical (unpaired) electrons. The van der Waals surface area contributed by atoms with Crippen molar-refractivity contribution in [3.8, 4) is 34.5 Å². The van der Waals surface area contributed by atoms with E-state index in [1.165, 1.54) is 79.9 Å². The van der Waals surface area contributed by atoms with Crippen LogP contribution in [-0.4, -0.2) is 91.2 Å². The van der Waals surface area contributed by atoms with Gasteiger partial charge in [0.25, 0.3) is 5.91 Å². The van der Waals surface area contributed by atoms with E-state index in [-0.39, 0.29) is 36.0 Å². The number of hydrogen-bond acceptors (Lipinski definition) is 13. The molecule has 4 atom stereocenters. The van der Waals surface area contributed by atoms with Gasteiger partial charge in [-0.05, 0) is 65.2 Å². The zero-order valence-electron chi connectivity index (χ0n) is 26.1. The molecule has 0 aliphatic heterocycles. The van der Waals surface area contributed by atoms with Gasteiger partial charge in [0.1, 0.15) is 17.8 Å². The molecule has 3 aromatic rings. The second-order valence-corrected chi connectivity index (χ2v) is 11.1. The van der Waals surface area contributed by atoms with Gasteiger partial charge in [0, 0.05) is 32.0 Å². The van der Waals surface area contributed by atoms with Crippen molar-refractivity contribution in [2.75, 3.05) is 13.7 Å². The lowest BCUT2D eigenvalue weighted by atomic mass is 9.78. The Labute approximate surface area is 280 Å². The maximum absolute atomic E-state index is 13.0. The number of rotatable bonds is 11. The monoisotopic (exact) mass is 677 g/mol. The Kier molecular flexibility index (Phi) is 11.5. The molecule has 14 heteroatoms. The Morgan fingerprint density at radius 3 is 1.61 bits per heavy atom. The summed E-state index contributed by atoms with van der Waals surface area (Å²) in [4.78, 5) is 38.8. The van der Waals surface area contributed by atoms with Crippen LogP contribution in [0.3, 0.4) is 0 Å². The molecule has 1 amide bonds. The average molecular weight is 678 g/mol. The minimum Gasteiger partial charge on any atom is -0.504 e. The number of carbonyl (C=O) groups excluding carboxylic acids is 3. The summed E-state index contributed by atoms with van der Waals surface area (Å²) in [7, 11) is 1.31. The predicted octanol–water partition coefficient (Wildman–Crippen LogP) is 2.84. The van der Waals surface area contributed by atoms with Gasteiger partial charge in [0.2, 0.25) is 0 Å². The SMILES string of the molecule is CNC(=O)[C@]1(O)C[C@@H](OC/C=C/c2ccc(O)c(O)c2)[C@@H](OC(=O)/C=C/c2ccc(O)c(O)c2)[C@H](OC(=O)/C=C/c2ccc(O)c(O)c2)C1. The summed E-state index contributed by atoms with van der Waals surface area (Å²) in [5, 5.41) is 71.6. The highest BCUT2D eigenvalue weighted by molar-refractivity contribution is 5.89. The molecule has 1 saturated carbocycles. The van der Waals surface area contributed by atoms with Gasteiger partial charge in [-0.3, -0.25) is 4.79 Å². The number of benzene rings is 3. The van der Waals surface area contributed by atoms with E-state index in [1.54, 1.807) is 6.08 Å². The fraction of sp³-hybridized carbons (Fsp3) is 0.229. The third-order valence-electron chi connectivity index (χ3n) is 7.52. The van der Waals surface area contributed by atoms with E-state index in [2.05, 4.69) is 5.32 Å². The van der Waals surface area contributed by atoms with Crippen LogP contribution < -0.4 is 5.32 Å². The minimum atomic E-state index is -2.12. The molecular weight excluding hydrogens is 642 g/mol. The molecule has 0 aromatic heterocycles.